The number of aromatic nitrogens is 2. The molecular weight excluding hydrogens is 729 g/mol. The van der Waals surface area contributed by atoms with Gasteiger partial charge in [-0.15, -0.1) is 0 Å². The minimum Gasteiger partial charge on any atom is -0.508 e. The Morgan fingerprint density at radius 3 is 2.46 bits per heavy atom. The maximum Gasteiger partial charge on any atom is 0.408 e. The number of amides is 2. The van der Waals surface area contributed by atoms with Crippen molar-refractivity contribution in [3.05, 3.63) is 86.7 Å². The summed E-state index contributed by atoms with van der Waals surface area (Å²) in [6.07, 6.45) is 1.38. The Bertz CT molecular complexity index is 2310. The molecule has 1 fully saturated rings. The highest BCUT2D eigenvalue weighted by molar-refractivity contribution is 5.96. The van der Waals surface area contributed by atoms with E-state index in [0.29, 0.717) is 35.2 Å². The molecule has 7 rings (SSSR count). The fourth-order valence-corrected chi connectivity index (χ4v) is 8.36. The van der Waals surface area contributed by atoms with E-state index in [0.717, 1.165) is 59.0 Å². The number of phenolic OH excluding ortho intramolecular Hbond substituents is 1. The number of ether oxygens (including phenoxy) is 2. The SMILES string of the molecule is CC[C@@]1(O)C(=O)OCc2c1cc1n(c2=O)Cc2cc3c(CN4CCC([N+](C)(C)Cc5ccc(NC(=O)[C@H](C)NC(=O)OC(C)(C)C)cc5)CC4)c(O)ccc3nc2-1. The van der Waals surface area contributed by atoms with Crippen LogP contribution in [0.3, 0.4) is 0 Å². The molecule has 2 atom stereocenters. The van der Waals surface area contributed by atoms with Crippen molar-refractivity contribution in [1.29, 1.82) is 0 Å². The second-order valence-electron chi connectivity index (χ2n) is 17.2. The summed E-state index contributed by atoms with van der Waals surface area (Å²) in [5, 5.41) is 28.6. The van der Waals surface area contributed by atoms with E-state index in [1.165, 1.54) is 0 Å². The fourth-order valence-electron chi connectivity index (χ4n) is 8.36. The first-order chi connectivity index (χ1) is 26.9. The third-order valence-electron chi connectivity index (χ3n) is 11.6. The van der Waals surface area contributed by atoms with Gasteiger partial charge in [-0.1, -0.05) is 19.1 Å². The van der Waals surface area contributed by atoms with Gasteiger partial charge < -0.3 is 39.4 Å². The van der Waals surface area contributed by atoms with E-state index < -0.39 is 29.3 Å². The number of rotatable bonds is 9. The molecule has 2 aromatic carbocycles. The number of hydrogen-bond donors (Lipinski definition) is 4. The molecule has 0 aliphatic carbocycles. The Labute approximate surface area is 332 Å². The summed E-state index contributed by atoms with van der Waals surface area (Å²) in [7, 11) is 4.49. The lowest BCUT2D eigenvalue weighted by Crippen LogP contribution is -2.53. The van der Waals surface area contributed by atoms with Crippen molar-refractivity contribution in [2.45, 2.75) is 103 Å². The number of fused-ring (bicyclic) bond motifs is 5. The molecule has 3 aliphatic rings. The molecule has 0 saturated carbocycles. The first-order valence-corrected chi connectivity index (χ1v) is 19.6. The fraction of sp³-hybridized carbons (Fsp3) is 0.465. The van der Waals surface area contributed by atoms with Gasteiger partial charge in [0.1, 0.15) is 30.5 Å². The number of esters is 1. The van der Waals surface area contributed by atoms with Crippen LogP contribution in [0.4, 0.5) is 10.5 Å². The van der Waals surface area contributed by atoms with Crippen LogP contribution < -0.4 is 16.2 Å². The van der Waals surface area contributed by atoms with E-state index in [4.69, 9.17) is 14.5 Å². The summed E-state index contributed by atoms with van der Waals surface area (Å²) in [6, 6.07) is 14.6. The molecule has 3 aliphatic heterocycles. The minimum absolute atomic E-state index is 0.0751. The number of carbonyl (C=O) groups is 3. The van der Waals surface area contributed by atoms with Gasteiger partial charge in [0, 0.05) is 65.8 Å². The van der Waals surface area contributed by atoms with Crippen LogP contribution in [0.5, 0.6) is 5.75 Å². The second-order valence-corrected chi connectivity index (χ2v) is 17.2. The standard InChI is InChI=1S/C43H52N6O8/c1-8-43(55)33-20-35-37-27(21-48(35)39(52)32(33)24-56-40(43)53)19-30-31(36(50)14-13-34(30)46-37)22-47-17-15-29(16-18-47)49(6,7)23-26-9-11-28(12-10-26)45-38(51)25(2)44-41(54)57-42(3,4)5/h9-14,19-20,25,29,55H,8,15-18,21-24H2,1-7H3,(H2-,44,45,50,51,52,54)/p+1/t25-,43-/m0/s1. The second kappa shape index (κ2) is 14.9. The van der Waals surface area contributed by atoms with Crippen molar-refractivity contribution >= 4 is 34.6 Å². The summed E-state index contributed by atoms with van der Waals surface area (Å²) in [4.78, 5) is 58.3. The summed E-state index contributed by atoms with van der Waals surface area (Å²) < 4.78 is 12.9. The number of nitrogens with one attached hydrogen (secondary N) is 2. The monoisotopic (exact) mass is 781 g/mol. The predicted molar refractivity (Wildman–Crippen MR) is 214 cm³/mol. The number of aromatic hydroxyl groups is 1. The van der Waals surface area contributed by atoms with Crippen LogP contribution >= 0.6 is 0 Å². The smallest absolute Gasteiger partial charge is 0.408 e. The minimum atomic E-state index is -1.89. The summed E-state index contributed by atoms with van der Waals surface area (Å²) in [5.41, 5.74) is 2.99. The highest BCUT2D eigenvalue weighted by atomic mass is 16.6. The number of aliphatic hydroxyl groups is 1. The normalized spacial score (nSPS) is 19.0. The van der Waals surface area contributed by atoms with Crippen LogP contribution in [0.15, 0.2) is 53.3 Å². The number of piperidine rings is 1. The third kappa shape index (κ3) is 7.85. The van der Waals surface area contributed by atoms with Gasteiger partial charge in [0.2, 0.25) is 5.91 Å². The maximum absolute atomic E-state index is 13.6. The molecule has 4 aromatic rings. The molecule has 57 heavy (non-hydrogen) atoms. The lowest BCUT2D eigenvalue weighted by molar-refractivity contribution is -0.929. The van der Waals surface area contributed by atoms with Crippen molar-refractivity contribution in [2.24, 2.45) is 0 Å². The number of nitrogens with zero attached hydrogens (tertiary/aromatic N) is 4. The largest absolute Gasteiger partial charge is 0.508 e. The summed E-state index contributed by atoms with van der Waals surface area (Å²) in [6.45, 7) is 11.8. The molecule has 0 spiro atoms. The van der Waals surface area contributed by atoms with Gasteiger partial charge in [-0.25, -0.2) is 14.6 Å². The third-order valence-corrected chi connectivity index (χ3v) is 11.6. The quantitative estimate of drug-likeness (QED) is 0.119. The van der Waals surface area contributed by atoms with Crippen LogP contribution in [0.1, 0.15) is 81.7 Å². The van der Waals surface area contributed by atoms with E-state index in [-0.39, 0.29) is 47.9 Å². The van der Waals surface area contributed by atoms with Gasteiger partial charge >= 0.3 is 12.1 Å². The number of alkyl carbamates (subject to hydrolysis) is 1. The van der Waals surface area contributed by atoms with E-state index in [2.05, 4.69) is 29.6 Å². The molecule has 4 N–H and O–H groups in total. The lowest BCUT2D eigenvalue weighted by atomic mass is 9.86. The molecule has 2 amide bonds. The predicted octanol–water partition coefficient (Wildman–Crippen LogP) is 4.88. The van der Waals surface area contributed by atoms with Crippen molar-refractivity contribution in [3.63, 3.8) is 0 Å². The number of carbonyl (C=O) groups excluding carboxylic acids is 3. The molecule has 14 nitrogen and oxygen atoms in total. The maximum atomic E-state index is 13.6. The Morgan fingerprint density at radius 2 is 1.79 bits per heavy atom. The Kier molecular flexibility index (Phi) is 10.4. The van der Waals surface area contributed by atoms with Gasteiger partial charge in [0.05, 0.1) is 49.1 Å². The van der Waals surface area contributed by atoms with Gasteiger partial charge in [-0.3, -0.25) is 14.5 Å². The number of likely N-dealkylation sites (tertiary alicyclic amines) is 1. The number of anilines is 1. The molecule has 0 bridgehead atoms. The molecule has 2 aromatic heterocycles. The zero-order valence-corrected chi connectivity index (χ0v) is 33.8. The molecule has 5 heterocycles. The first-order valence-electron chi connectivity index (χ1n) is 19.6. The number of quaternary nitrogens is 1. The molecule has 1 saturated heterocycles. The van der Waals surface area contributed by atoms with Gasteiger partial charge in [-0.05, 0) is 70.5 Å². The van der Waals surface area contributed by atoms with Gasteiger partial charge in [0.15, 0.2) is 5.60 Å². The first kappa shape index (κ1) is 39.9. The number of pyridine rings is 2. The summed E-state index contributed by atoms with van der Waals surface area (Å²) in [5.74, 6) is -0.894. The van der Waals surface area contributed by atoms with Crippen LogP contribution in [-0.4, -0.2) is 92.0 Å². The van der Waals surface area contributed by atoms with Gasteiger partial charge in [0.25, 0.3) is 5.56 Å². The van der Waals surface area contributed by atoms with Crippen LogP contribution in [0.2, 0.25) is 0 Å². The number of benzene rings is 2. The zero-order valence-electron chi connectivity index (χ0n) is 33.8. The highest BCUT2D eigenvalue weighted by Gasteiger charge is 2.45. The van der Waals surface area contributed by atoms with Crippen molar-refractivity contribution in [1.82, 2.24) is 19.8 Å². The van der Waals surface area contributed by atoms with E-state index in [1.54, 1.807) is 57.4 Å². The lowest BCUT2D eigenvalue weighted by Gasteiger charge is -2.43. The van der Waals surface area contributed by atoms with Gasteiger partial charge in [-0.2, -0.15) is 0 Å². The van der Waals surface area contributed by atoms with E-state index in [1.807, 2.05) is 30.3 Å². The average Bonchev–Trinajstić information content (AvgIpc) is 3.51. The van der Waals surface area contributed by atoms with E-state index >= 15 is 0 Å². The highest BCUT2D eigenvalue weighted by Crippen LogP contribution is 2.40. The Morgan fingerprint density at radius 1 is 1.09 bits per heavy atom. The Hall–Kier alpha value is -5.31. The number of hydrogen-bond acceptors (Lipinski definition) is 10. The Balaban J connectivity index is 0.990. The van der Waals surface area contributed by atoms with Crippen LogP contribution in [0.25, 0.3) is 22.3 Å². The molecule has 0 radical (unpaired) electrons. The van der Waals surface area contributed by atoms with Crippen molar-refractivity contribution in [3.8, 4) is 17.1 Å². The van der Waals surface area contributed by atoms with Crippen molar-refractivity contribution in [2.75, 3.05) is 32.5 Å². The number of cyclic esters (lactones) is 1. The molecular formula is C43H53N6O8+. The average molecular weight is 782 g/mol. The van der Waals surface area contributed by atoms with E-state index in [9.17, 15) is 29.4 Å². The molecule has 0 unspecified atom stereocenters. The topological polar surface area (TPSA) is 172 Å². The van der Waals surface area contributed by atoms with Crippen LogP contribution in [-0.2, 0) is 50.9 Å². The summed E-state index contributed by atoms with van der Waals surface area (Å²) >= 11 is 0. The van der Waals surface area contributed by atoms with Crippen LogP contribution in [0, 0.1) is 0 Å². The molecule has 14 heteroatoms. The van der Waals surface area contributed by atoms with Crippen molar-refractivity contribution < 1.29 is 38.6 Å². The molecule has 302 valence electrons. The number of phenols is 1. The zero-order chi connectivity index (χ0) is 41.0.